The molecule has 3 nitrogen and oxygen atoms in total. The van der Waals surface area contributed by atoms with Gasteiger partial charge in [0, 0.05) is 10.8 Å². The lowest BCUT2D eigenvalue weighted by molar-refractivity contribution is -0.121. The number of carbonyl (C=O) groups excluding carboxylic acids is 1. The molecular weight excluding hydrogens is 316 g/mol. The number of thiazole rings is 1. The van der Waals surface area contributed by atoms with Crippen LogP contribution in [0, 0.1) is 5.92 Å². The van der Waals surface area contributed by atoms with Gasteiger partial charge in [-0.2, -0.15) is 0 Å². The van der Waals surface area contributed by atoms with Gasteiger partial charge in [0.15, 0.2) is 0 Å². The van der Waals surface area contributed by atoms with Gasteiger partial charge in [-0.1, -0.05) is 58.9 Å². The molecule has 0 saturated heterocycles. The van der Waals surface area contributed by atoms with E-state index in [2.05, 4.69) is 46.8 Å². The first-order valence-corrected chi connectivity index (χ1v) is 9.29. The van der Waals surface area contributed by atoms with Gasteiger partial charge >= 0.3 is 0 Å². The number of primary amides is 1. The topological polar surface area (TPSA) is 56.0 Å². The number of hydrogen-bond acceptors (Lipinski definition) is 3. The van der Waals surface area contributed by atoms with Crippen molar-refractivity contribution in [2.45, 2.75) is 58.8 Å². The molecule has 1 heterocycles. The van der Waals surface area contributed by atoms with Gasteiger partial charge in [0.05, 0.1) is 5.69 Å². The lowest BCUT2D eigenvalue weighted by atomic mass is 9.81. The maximum absolute atomic E-state index is 12.3. The lowest BCUT2D eigenvalue weighted by Crippen LogP contribution is -2.39. The van der Waals surface area contributed by atoms with E-state index in [1.807, 2.05) is 24.4 Å². The molecule has 2 rings (SSSR count). The molecule has 0 bridgehead atoms. The third-order valence-electron chi connectivity index (χ3n) is 4.37. The highest BCUT2D eigenvalue weighted by molar-refractivity contribution is 7.10. The van der Waals surface area contributed by atoms with E-state index in [0.29, 0.717) is 5.92 Å². The number of carbonyl (C=O) groups is 1. The summed E-state index contributed by atoms with van der Waals surface area (Å²) < 4.78 is 0. The van der Waals surface area contributed by atoms with Crippen molar-refractivity contribution in [3.05, 3.63) is 51.5 Å². The largest absolute Gasteiger partial charge is 0.369 e. The van der Waals surface area contributed by atoms with Crippen LogP contribution >= 0.6 is 11.3 Å². The van der Waals surface area contributed by atoms with Gasteiger partial charge in [-0.25, -0.2) is 4.98 Å². The van der Waals surface area contributed by atoms with Gasteiger partial charge in [0.1, 0.15) is 10.4 Å². The van der Waals surface area contributed by atoms with Crippen molar-refractivity contribution in [2.75, 3.05) is 0 Å². The zero-order valence-electron chi connectivity index (χ0n) is 15.5. The molecule has 0 saturated carbocycles. The maximum atomic E-state index is 12.3. The molecule has 0 aliphatic heterocycles. The Bertz CT molecular complexity index is 710. The number of hydrogen-bond donors (Lipinski definition) is 1. The minimum Gasteiger partial charge on any atom is -0.369 e. The Morgan fingerprint density at radius 3 is 2.17 bits per heavy atom. The van der Waals surface area contributed by atoms with E-state index in [0.717, 1.165) is 22.7 Å². The molecule has 2 N–H and O–H groups in total. The smallest absolute Gasteiger partial charge is 0.234 e. The van der Waals surface area contributed by atoms with Crippen LogP contribution in [0.25, 0.3) is 0 Å². The van der Waals surface area contributed by atoms with Gasteiger partial charge in [0.25, 0.3) is 0 Å². The molecule has 2 aromatic rings. The number of amides is 1. The second-order valence-electron chi connectivity index (χ2n) is 8.07. The standard InChI is InChI=1S/C20H28N2OS/c1-13(2)11-14-7-9-15(10-8-14)20(6,17(21)23)18-22-16(12-24-18)19(3,4)5/h7-10,12-13H,11H2,1-6H3,(H2,21,23). The highest BCUT2D eigenvalue weighted by atomic mass is 32.1. The van der Waals surface area contributed by atoms with Crippen LogP contribution < -0.4 is 5.73 Å². The lowest BCUT2D eigenvalue weighted by Gasteiger charge is -2.25. The Kier molecular flexibility index (Phi) is 5.19. The summed E-state index contributed by atoms with van der Waals surface area (Å²) in [5.41, 5.74) is 8.02. The van der Waals surface area contributed by atoms with E-state index < -0.39 is 5.41 Å². The number of aromatic nitrogens is 1. The summed E-state index contributed by atoms with van der Waals surface area (Å²) in [7, 11) is 0. The zero-order valence-corrected chi connectivity index (χ0v) is 16.3. The van der Waals surface area contributed by atoms with Crippen molar-refractivity contribution >= 4 is 17.2 Å². The molecule has 1 atom stereocenters. The van der Waals surface area contributed by atoms with Crippen molar-refractivity contribution in [3.63, 3.8) is 0 Å². The Hall–Kier alpha value is -1.68. The molecular formula is C20H28N2OS. The number of nitrogens with zero attached hydrogens (tertiary/aromatic N) is 1. The molecule has 0 aliphatic rings. The van der Waals surface area contributed by atoms with Crippen LogP contribution in [0.4, 0.5) is 0 Å². The van der Waals surface area contributed by atoms with E-state index in [9.17, 15) is 4.79 Å². The Balaban J connectivity index is 2.44. The van der Waals surface area contributed by atoms with E-state index in [4.69, 9.17) is 10.7 Å². The highest BCUT2D eigenvalue weighted by Crippen LogP contribution is 2.36. The fraction of sp³-hybridized carbons (Fsp3) is 0.500. The summed E-state index contributed by atoms with van der Waals surface area (Å²) in [4.78, 5) is 17.1. The molecule has 0 aliphatic carbocycles. The molecule has 1 aromatic heterocycles. The summed E-state index contributed by atoms with van der Waals surface area (Å²) in [6.07, 6.45) is 1.03. The summed E-state index contributed by atoms with van der Waals surface area (Å²) >= 11 is 1.51. The van der Waals surface area contributed by atoms with Crippen LogP contribution in [0.3, 0.4) is 0 Å². The summed E-state index contributed by atoms with van der Waals surface area (Å²) in [6, 6.07) is 8.21. The van der Waals surface area contributed by atoms with Crippen LogP contribution in [0.2, 0.25) is 0 Å². The van der Waals surface area contributed by atoms with E-state index >= 15 is 0 Å². The average molecular weight is 345 g/mol. The first-order valence-electron chi connectivity index (χ1n) is 8.41. The van der Waals surface area contributed by atoms with Gasteiger partial charge in [0.2, 0.25) is 5.91 Å². The van der Waals surface area contributed by atoms with Crippen LogP contribution in [-0.4, -0.2) is 10.9 Å². The Morgan fingerprint density at radius 2 is 1.75 bits per heavy atom. The first-order chi connectivity index (χ1) is 11.0. The predicted octanol–water partition coefficient (Wildman–Crippen LogP) is 4.43. The van der Waals surface area contributed by atoms with Crippen molar-refractivity contribution in [1.82, 2.24) is 4.98 Å². The Morgan fingerprint density at radius 1 is 1.17 bits per heavy atom. The highest BCUT2D eigenvalue weighted by Gasteiger charge is 2.39. The minimum atomic E-state index is -0.898. The predicted molar refractivity (Wildman–Crippen MR) is 101 cm³/mol. The van der Waals surface area contributed by atoms with E-state index in [1.165, 1.54) is 16.9 Å². The van der Waals surface area contributed by atoms with Crippen LogP contribution in [0.1, 0.15) is 63.4 Å². The second-order valence-corrected chi connectivity index (χ2v) is 8.93. The fourth-order valence-corrected chi connectivity index (χ4v) is 3.90. The minimum absolute atomic E-state index is 0.0472. The van der Waals surface area contributed by atoms with Gasteiger partial charge in [-0.3, -0.25) is 4.79 Å². The fourth-order valence-electron chi connectivity index (χ4n) is 2.66. The molecule has 1 unspecified atom stereocenters. The SMILES string of the molecule is CC(C)Cc1ccc(C(C)(C(N)=O)c2nc(C(C)(C)C)cs2)cc1. The molecule has 130 valence electrons. The average Bonchev–Trinajstić information content (AvgIpc) is 2.96. The summed E-state index contributed by atoms with van der Waals surface area (Å²) in [6.45, 7) is 12.6. The normalized spacial score (nSPS) is 14.6. The number of benzene rings is 1. The molecule has 4 heteroatoms. The second kappa shape index (κ2) is 6.67. The van der Waals surface area contributed by atoms with Gasteiger partial charge in [-0.15, -0.1) is 11.3 Å². The zero-order chi connectivity index (χ0) is 18.1. The van der Waals surface area contributed by atoms with Crippen LogP contribution in [0.5, 0.6) is 0 Å². The van der Waals surface area contributed by atoms with Crippen molar-refractivity contribution in [1.29, 1.82) is 0 Å². The van der Waals surface area contributed by atoms with E-state index in [1.54, 1.807) is 0 Å². The molecule has 0 fully saturated rings. The van der Waals surface area contributed by atoms with Crippen molar-refractivity contribution in [2.24, 2.45) is 11.7 Å². The van der Waals surface area contributed by atoms with Crippen LogP contribution in [0.15, 0.2) is 29.6 Å². The molecule has 0 radical (unpaired) electrons. The van der Waals surface area contributed by atoms with E-state index in [-0.39, 0.29) is 11.3 Å². The van der Waals surface area contributed by atoms with Gasteiger partial charge < -0.3 is 5.73 Å². The molecule has 1 amide bonds. The molecule has 24 heavy (non-hydrogen) atoms. The van der Waals surface area contributed by atoms with Crippen molar-refractivity contribution < 1.29 is 4.79 Å². The third kappa shape index (κ3) is 3.69. The van der Waals surface area contributed by atoms with Crippen LogP contribution in [-0.2, 0) is 22.0 Å². The van der Waals surface area contributed by atoms with Crippen molar-refractivity contribution in [3.8, 4) is 0 Å². The number of rotatable bonds is 5. The Labute approximate surface area is 149 Å². The first kappa shape index (κ1) is 18.7. The summed E-state index contributed by atoms with van der Waals surface area (Å²) in [5, 5.41) is 2.79. The monoisotopic (exact) mass is 344 g/mol. The molecule has 0 spiro atoms. The maximum Gasteiger partial charge on any atom is 0.234 e. The third-order valence-corrected chi connectivity index (χ3v) is 5.43. The quantitative estimate of drug-likeness (QED) is 0.872. The summed E-state index contributed by atoms with van der Waals surface area (Å²) in [5.74, 6) is 0.237. The van der Waals surface area contributed by atoms with Gasteiger partial charge in [-0.05, 0) is 30.4 Å². The number of nitrogens with two attached hydrogens (primary N) is 1. The molecule has 1 aromatic carbocycles.